The van der Waals surface area contributed by atoms with Gasteiger partial charge in [-0.1, -0.05) is 17.7 Å². The molecule has 2 rings (SSSR count). The van der Waals surface area contributed by atoms with Crippen LogP contribution in [0.5, 0.6) is 5.75 Å². The van der Waals surface area contributed by atoms with Gasteiger partial charge in [0, 0.05) is 15.1 Å². The summed E-state index contributed by atoms with van der Waals surface area (Å²) in [5.74, 6) is -0.212. The molecule has 0 aliphatic heterocycles. The number of nitrogens with one attached hydrogen (secondary N) is 1. The van der Waals surface area contributed by atoms with E-state index >= 15 is 0 Å². The van der Waals surface area contributed by atoms with Crippen LogP contribution in [-0.4, -0.2) is 11.0 Å². The molecule has 0 aliphatic carbocycles. The minimum absolute atomic E-state index is 0.0952. The summed E-state index contributed by atoms with van der Waals surface area (Å²) in [6.45, 7) is 1.77. The van der Waals surface area contributed by atoms with Gasteiger partial charge in [0.25, 0.3) is 5.91 Å². The minimum atomic E-state index is -0.307. The minimum Gasteiger partial charge on any atom is -0.508 e. The Morgan fingerprint density at radius 2 is 2.00 bits per heavy atom. The van der Waals surface area contributed by atoms with E-state index in [1.54, 1.807) is 37.3 Å². The highest BCUT2D eigenvalue weighted by molar-refractivity contribution is 9.10. The van der Waals surface area contributed by atoms with Crippen LogP contribution >= 0.6 is 27.5 Å². The Kier molecular flexibility index (Phi) is 4.12. The summed E-state index contributed by atoms with van der Waals surface area (Å²) in [6, 6.07) is 9.91. The summed E-state index contributed by atoms with van der Waals surface area (Å²) < 4.78 is 0.738. The first-order valence-corrected chi connectivity index (χ1v) is 6.70. The van der Waals surface area contributed by atoms with Crippen LogP contribution in [0.1, 0.15) is 15.9 Å². The SMILES string of the molecule is Cc1ccc(C(=O)Nc2cc(Cl)ccc2Br)cc1O. The summed E-state index contributed by atoms with van der Waals surface area (Å²) in [6.07, 6.45) is 0. The fourth-order valence-corrected chi connectivity index (χ4v) is 2.06. The van der Waals surface area contributed by atoms with Gasteiger partial charge in [-0.15, -0.1) is 0 Å². The lowest BCUT2D eigenvalue weighted by Gasteiger charge is -2.08. The van der Waals surface area contributed by atoms with E-state index in [0.717, 1.165) is 10.0 Å². The van der Waals surface area contributed by atoms with Crippen LogP contribution in [0.2, 0.25) is 5.02 Å². The fourth-order valence-electron chi connectivity index (χ4n) is 1.54. The van der Waals surface area contributed by atoms with Gasteiger partial charge in [0.05, 0.1) is 5.69 Å². The van der Waals surface area contributed by atoms with Gasteiger partial charge in [0.2, 0.25) is 0 Å². The van der Waals surface area contributed by atoms with Crippen molar-refractivity contribution in [2.45, 2.75) is 6.92 Å². The largest absolute Gasteiger partial charge is 0.508 e. The maximum absolute atomic E-state index is 12.1. The number of benzene rings is 2. The van der Waals surface area contributed by atoms with Crippen LogP contribution in [0.4, 0.5) is 5.69 Å². The first-order chi connectivity index (χ1) is 8.97. The van der Waals surface area contributed by atoms with Crippen LogP contribution in [-0.2, 0) is 0 Å². The molecule has 0 radical (unpaired) electrons. The van der Waals surface area contributed by atoms with Crippen molar-refractivity contribution in [1.82, 2.24) is 0 Å². The van der Waals surface area contributed by atoms with Crippen molar-refractivity contribution in [3.8, 4) is 5.75 Å². The predicted molar refractivity (Wildman–Crippen MR) is 79.9 cm³/mol. The maximum atomic E-state index is 12.1. The average Bonchev–Trinajstić information content (AvgIpc) is 2.37. The molecule has 0 bridgehead atoms. The third-order valence-corrected chi connectivity index (χ3v) is 3.57. The molecular weight excluding hydrogens is 330 g/mol. The number of aryl methyl sites for hydroxylation is 1. The highest BCUT2D eigenvalue weighted by Gasteiger charge is 2.10. The average molecular weight is 341 g/mol. The van der Waals surface area contributed by atoms with E-state index < -0.39 is 0 Å². The Labute approximate surface area is 124 Å². The molecule has 2 aromatic rings. The Hall–Kier alpha value is -1.52. The van der Waals surface area contributed by atoms with Crippen molar-refractivity contribution >= 4 is 39.1 Å². The number of phenols is 1. The smallest absolute Gasteiger partial charge is 0.255 e. The number of hydrogen-bond donors (Lipinski definition) is 2. The molecule has 0 saturated heterocycles. The van der Waals surface area contributed by atoms with Crippen molar-refractivity contribution in [3.63, 3.8) is 0 Å². The Bertz CT molecular complexity index is 643. The van der Waals surface area contributed by atoms with Crippen molar-refractivity contribution < 1.29 is 9.90 Å². The quantitative estimate of drug-likeness (QED) is 0.853. The Balaban J connectivity index is 2.25. The predicted octanol–water partition coefficient (Wildman–Crippen LogP) is 4.37. The van der Waals surface area contributed by atoms with Gasteiger partial charge < -0.3 is 10.4 Å². The van der Waals surface area contributed by atoms with Crippen LogP contribution in [0.25, 0.3) is 0 Å². The molecular formula is C14H11BrClNO2. The fraction of sp³-hybridized carbons (Fsp3) is 0.0714. The normalized spacial score (nSPS) is 10.3. The lowest BCUT2D eigenvalue weighted by Crippen LogP contribution is -2.12. The standard InChI is InChI=1S/C14H11BrClNO2/c1-8-2-3-9(6-13(8)18)14(19)17-12-7-10(16)4-5-11(12)15/h2-7,18H,1H3,(H,17,19). The number of amides is 1. The lowest BCUT2D eigenvalue weighted by molar-refractivity contribution is 0.102. The molecule has 0 aliphatic rings. The second kappa shape index (κ2) is 5.63. The van der Waals surface area contributed by atoms with E-state index in [0.29, 0.717) is 16.3 Å². The molecule has 3 nitrogen and oxygen atoms in total. The number of hydrogen-bond acceptors (Lipinski definition) is 2. The van der Waals surface area contributed by atoms with E-state index in [2.05, 4.69) is 21.2 Å². The molecule has 0 aromatic heterocycles. The summed E-state index contributed by atoms with van der Waals surface area (Å²) in [5, 5.41) is 12.9. The molecule has 2 aromatic carbocycles. The van der Waals surface area contributed by atoms with Gasteiger partial charge in [-0.2, -0.15) is 0 Å². The van der Waals surface area contributed by atoms with E-state index in [9.17, 15) is 9.90 Å². The van der Waals surface area contributed by atoms with Crippen molar-refractivity contribution in [2.24, 2.45) is 0 Å². The zero-order valence-electron chi connectivity index (χ0n) is 10.1. The highest BCUT2D eigenvalue weighted by atomic mass is 79.9. The molecule has 1 amide bonds. The summed E-state index contributed by atoms with van der Waals surface area (Å²) in [7, 11) is 0. The van der Waals surface area contributed by atoms with Crippen LogP contribution in [0, 0.1) is 6.92 Å². The van der Waals surface area contributed by atoms with E-state index in [1.165, 1.54) is 6.07 Å². The van der Waals surface area contributed by atoms with Crippen molar-refractivity contribution in [2.75, 3.05) is 5.32 Å². The van der Waals surface area contributed by atoms with E-state index in [4.69, 9.17) is 11.6 Å². The topological polar surface area (TPSA) is 49.3 Å². The number of carbonyl (C=O) groups excluding carboxylic acids is 1. The monoisotopic (exact) mass is 339 g/mol. The second-order valence-corrected chi connectivity index (χ2v) is 5.37. The zero-order chi connectivity index (χ0) is 14.0. The van der Waals surface area contributed by atoms with Gasteiger partial charge >= 0.3 is 0 Å². The van der Waals surface area contributed by atoms with Crippen LogP contribution < -0.4 is 5.32 Å². The van der Waals surface area contributed by atoms with Gasteiger partial charge in [0.1, 0.15) is 5.75 Å². The third-order valence-electron chi connectivity index (χ3n) is 2.65. The molecule has 5 heteroatoms. The molecule has 0 atom stereocenters. The number of aromatic hydroxyl groups is 1. The number of rotatable bonds is 2. The molecule has 0 heterocycles. The molecule has 0 saturated carbocycles. The molecule has 2 N–H and O–H groups in total. The molecule has 0 unspecified atom stereocenters. The first-order valence-electron chi connectivity index (χ1n) is 5.53. The summed E-state index contributed by atoms with van der Waals surface area (Å²) in [4.78, 5) is 12.1. The lowest BCUT2D eigenvalue weighted by atomic mass is 10.1. The zero-order valence-corrected chi connectivity index (χ0v) is 12.4. The number of carbonyl (C=O) groups is 1. The van der Waals surface area contributed by atoms with Crippen molar-refractivity contribution in [1.29, 1.82) is 0 Å². The maximum Gasteiger partial charge on any atom is 0.255 e. The second-order valence-electron chi connectivity index (χ2n) is 4.08. The molecule has 98 valence electrons. The molecule has 0 fully saturated rings. The number of anilines is 1. The summed E-state index contributed by atoms with van der Waals surface area (Å²) >= 11 is 9.21. The van der Waals surface area contributed by atoms with Gasteiger partial charge in [0.15, 0.2) is 0 Å². The third kappa shape index (κ3) is 3.28. The number of phenolic OH excluding ortho intramolecular Hbond substituents is 1. The Morgan fingerprint density at radius 3 is 2.68 bits per heavy atom. The van der Waals surface area contributed by atoms with E-state index in [-0.39, 0.29) is 11.7 Å². The molecule has 0 spiro atoms. The van der Waals surface area contributed by atoms with Gasteiger partial charge in [-0.25, -0.2) is 0 Å². The van der Waals surface area contributed by atoms with Gasteiger partial charge in [-0.05, 0) is 58.7 Å². The summed E-state index contributed by atoms with van der Waals surface area (Å²) in [5.41, 5.74) is 1.69. The number of halogens is 2. The van der Waals surface area contributed by atoms with Gasteiger partial charge in [-0.3, -0.25) is 4.79 Å². The van der Waals surface area contributed by atoms with E-state index in [1.807, 2.05) is 0 Å². The van der Waals surface area contributed by atoms with Crippen LogP contribution in [0.3, 0.4) is 0 Å². The Morgan fingerprint density at radius 1 is 1.26 bits per heavy atom. The first kappa shape index (κ1) is 13.9. The highest BCUT2D eigenvalue weighted by Crippen LogP contribution is 2.27. The molecule has 19 heavy (non-hydrogen) atoms. The van der Waals surface area contributed by atoms with Crippen molar-refractivity contribution in [3.05, 3.63) is 57.0 Å². The van der Waals surface area contributed by atoms with Crippen LogP contribution in [0.15, 0.2) is 40.9 Å².